The maximum Gasteiger partial charge on any atom is 0.179 e. The van der Waals surface area contributed by atoms with Gasteiger partial charge in [0.25, 0.3) is 0 Å². The molecule has 0 spiro atoms. The second kappa shape index (κ2) is 9.53. The molecule has 94 valence electrons. The number of phenolic OH excluding ortho intramolecular Hbond substituents is 1. The minimum atomic E-state index is 0.322. The lowest BCUT2D eigenvalue weighted by Gasteiger charge is -2.10. The fourth-order valence-corrected chi connectivity index (χ4v) is 1.51. The van der Waals surface area contributed by atoms with Crippen LogP contribution in [0.4, 0.5) is 0 Å². The molecule has 1 aromatic carbocycles. The summed E-state index contributed by atoms with van der Waals surface area (Å²) in [6, 6.07) is 9.21. The van der Waals surface area contributed by atoms with Crippen molar-refractivity contribution in [3.63, 3.8) is 0 Å². The van der Waals surface area contributed by atoms with E-state index in [4.69, 9.17) is 10.4 Å². The fraction of sp³-hybridized carbons (Fsp3) is 0.500. The molecule has 17 heavy (non-hydrogen) atoms. The largest absolute Gasteiger partial charge is 0.508 e. The number of hydrogen-bond donors (Lipinski definition) is 1. The summed E-state index contributed by atoms with van der Waals surface area (Å²) >= 11 is 0. The Balaban J connectivity index is 0.000000265. The number of nitriles is 1. The minimum Gasteiger partial charge on any atom is -0.508 e. The Bertz CT molecular complexity index is 319. The zero-order chi connectivity index (χ0) is 13.1. The van der Waals surface area contributed by atoms with Crippen molar-refractivity contribution in [2.24, 2.45) is 0 Å². The van der Waals surface area contributed by atoms with E-state index in [2.05, 4.69) is 13.1 Å². The Hall–Kier alpha value is -1.69. The highest BCUT2D eigenvalue weighted by Crippen LogP contribution is 2.13. The third kappa shape index (κ3) is 6.47. The molecule has 0 aliphatic carbocycles. The van der Waals surface area contributed by atoms with Gasteiger partial charge in [0, 0.05) is 12.6 Å². The van der Waals surface area contributed by atoms with Gasteiger partial charge in [-0.3, -0.25) is 0 Å². The van der Waals surface area contributed by atoms with Crippen molar-refractivity contribution in [2.75, 3.05) is 6.54 Å². The Labute approximate surface area is 104 Å². The van der Waals surface area contributed by atoms with Gasteiger partial charge in [-0.25, -0.2) is 0 Å². The quantitative estimate of drug-likeness (QED) is 0.700. The molecular formula is C14H22N2O. The first-order valence-corrected chi connectivity index (χ1v) is 6.14. The van der Waals surface area contributed by atoms with Gasteiger partial charge in [-0.1, -0.05) is 32.0 Å². The predicted molar refractivity (Wildman–Crippen MR) is 70.5 cm³/mol. The molecular weight excluding hydrogens is 212 g/mol. The van der Waals surface area contributed by atoms with Crippen molar-refractivity contribution in [2.45, 2.75) is 39.7 Å². The van der Waals surface area contributed by atoms with Crippen LogP contribution in [-0.4, -0.2) is 22.6 Å². The lowest BCUT2D eigenvalue weighted by molar-refractivity contribution is 0.388. The molecule has 1 saturated heterocycles. The molecule has 1 aliphatic rings. The van der Waals surface area contributed by atoms with Crippen molar-refractivity contribution >= 4 is 0 Å². The van der Waals surface area contributed by atoms with Gasteiger partial charge >= 0.3 is 0 Å². The summed E-state index contributed by atoms with van der Waals surface area (Å²) in [5, 5.41) is 17.0. The van der Waals surface area contributed by atoms with Gasteiger partial charge in [0.05, 0.1) is 0 Å². The summed E-state index contributed by atoms with van der Waals surface area (Å²) in [5.41, 5.74) is 0. The van der Waals surface area contributed by atoms with Crippen LogP contribution in [0.15, 0.2) is 30.3 Å². The van der Waals surface area contributed by atoms with Gasteiger partial charge in [-0.05, 0) is 31.9 Å². The molecule has 1 heterocycles. The highest BCUT2D eigenvalue weighted by Gasteiger charge is 2.17. The average Bonchev–Trinajstić information content (AvgIpc) is 2.79. The minimum absolute atomic E-state index is 0.322. The van der Waals surface area contributed by atoms with E-state index in [0.29, 0.717) is 11.8 Å². The molecule has 2 rings (SSSR count). The van der Waals surface area contributed by atoms with E-state index in [1.165, 1.54) is 12.8 Å². The Morgan fingerprint density at radius 2 is 1.88 bits per heavy atom. The standard InChI is InChI=1S/C6H10N2.C6H6O.C2H6/c1-6-3-2-4-8(6)5-7;7-6-4-2-1-3-5-6;1-2/h6H,2-4H2,1H3;1-5,7H;1-2H3. The van der Waals surface area contributed by atoms with Crippen LogP contribution in [-0.2, 0) is 0 Å². The van der Waals surface area contributed by atoms with E-state index in [1.807, 2.05) is 24.8 Å². The number of benzene rings is 1. The third-order valence-electron chi connectivity index (χ3n) is 2.44. The highest BCUT2D eigenvalue weighted by molar-refractivity contribution is 5.18. The van der Waals surface area contributed by atoms with Gasteiger partial charge < -0.3 is 10.0 Å². The molecule has 1 N–H and O–H groups in total. The summed E-state index contributed by atoms with van der Waals surface area (Å²) in [4.78, 5) is 1.83. The number of phenols is 1. The van der Waals surface area contributed by atoms with E-state index in [-0.39, 0.29) is 0 Å². The number of likely N-dealkylation sites (tertiary alicyclic amines) is 1. The van der Waals surface area contributed by atoms with Crippen molar-refractivity contribution in [1.82, 2.24) is 4.90 Å². The summed E-state index contributed by atoms with van der Waals surface area (Å²) < 4.78 is 0. The zero-order valence-corrected chi connectivity index (χ0v) is 10.9. The smallest absolute Gasteiger partial charge is 0.179 e. The van der Waals surface area contributed by atoms with Crippen LogP contribution < -0.4 is 0 Å². The topological polar surface area (TPSA) is 47.3 Å². The molecule has 0 bridgehead atoms. The van der Waals surface area contributed by atoms with E-state index in [1.54, 1.807) is 24.3 Å². The van der Waals surface area contributed by atoms with Crippen LogP contribution in [0.25, 0.3) is 0 Å². The van der Waals surface area contributed by atoms with Crippen molar-refractivity contribution in [3.05, 3.63) is 30.3 Å². The lowest BCUT2D eigenvalue weighted by Crippen LogP contribution is -2.20. The second-order valence-electron chi connectivity index (χ2n) is 3.62. The Kier molecular flexibility index (Phi) is 8.58. The number of para-hydroxylation sites is 1. The first-order valence-electron chi connectivity index (χ1n) is 6.14. The molecule has 0 amide bonds. The normalized spacial score (nSPS) is 17.1. The molecule has 0 radical (unpaired) electrons. The Morgan fingerprint density at radius 3 is 2.12 bits per heavy atom. The van der Waals surface area contributed by atoms with Crippen LogP contribution in [0.5, 0.6) is 5.75 Å². The van der Waals surface area contributed by atoms with Gasteiger partial charge in [-0.15, -0.1) is 0 Å². The van der Waals surface area contributed by atoms with Crippen LogP contribution in [0.1, 0.15) is 33.6 Å². The third-order valence-corrected chi connectivity index (χ3v) is 2.44. The molecule has 1 unspecified atom stereocenters. The fourth-order valence-electron chi connectivity index (χ4n) is 1.51. The molecule has 0 aromatic heterocycles. The molecule has 1 aliphatic heterocycles. The Morgan fingerprint density at radius 1 is 1.29 bits per heavy atom. The van der Waals surface area contributed by atoms with Gasteiger partial charge in [-0.2, -0.15) is 5.26 Å². The van der Waals surface area contributed by atoms with Crippen LogP contribution >= 0.6 is 0 Å². The predicted octanol–water partition coefficient (Wildman–Crippen LogP) is 3.37. The molecule has 3 heteroatoms. The molecule has 1 fully saturated rings. The molecule has 0 saturated carbocycles. The van der Waals surface area contributed by atoms with E-state index in [9.17, 15) is 0 Å². The van der Waals surface area contributed by atoms with Crippen molar-refractivity contribution in [3.8, 4) is 11.9 Å². The zero-order valence-electron chi connectivity index (χ0n) is 10.9. The van der Waals surface area contributed by atoms with Gasteiger partial charge in [0.1, 0.15) is 5.75 Å². The summed E-state index contributed by atoms with van der Waals surface area (Å²) in [6.45, 7) is 7.06. The van der Waals surface area contributed by atoms with Crippen molar-refractivity contribution < 1.29 is 5.11 Å². The van der Waals surface area contributed by atoms with Crippen molar-refractivity contribution in [1.29, 1.82) is 5.26 Å². The number of nitrogens with zero attached hydrogens (tertiary/aromatic N) is 2. The molecule has 1 atom stereocenters. The average molecular weight is 234 g/mol. The van der Waals surface area contributed by atoms with E-state index in [0.717, 1.165) is 6.54 Å². The second-order valence-corrected chi connectivity index (χ2v) is 3.62. The van der Waals surface area contributed by atoms with Crippen LogP contribution in [0.2, 0.25) is 0 Å². The molecule has 1 aromatic rings. The van der Waals surface area contributed by atoms with Crippen LogP contribution in [0, 0.1) is 11.5 Å². The summed E-state index contributed by atoms with van der Waals surface area (Å²) in [7, 11) is 0. The maximum atomic E-state index is 8.63. The van der Waals surface area contributed by atoms with Gasteiger partial charge in [0.2, 0.25) is 0 Å². The lowest BCUT2D eigenvalue weighted by atomic mass is 10.2. The number of aromatic hydroxyl groups is 1. The number of hydrogen-bond acceptors (Lipinski definition) is 3. The van der Waals surface area contributed by atoms with E-state index >= 15 is 0 Å². The first-order chi connectivity index (χ1) is 8.24. The maximum absolute atomic E-state index is 8.63. The molecule has 3 nitrogen and oxygen atoms in total. The van der Waals surface area contributed by atoms with Gasteiger partial charge in [0.15, 0.2) is 6.19 Å². The highest BCUT2D eigenvalue weighted by atomic mass is 16.3. The van der Waals surface area contributed by atoms with E-state index < -0.39 is 0 Å². The monoisotopic (exact) mass is 234 g/mol. The SMILES string of the molecule is CC.CC1CCCN1C#N.Oc1ccccc1. The van der Waals surface area contributed by atoms with Crippen LogP contribution in [0.3, 0.4) is 0 Å². The number of rotatable bonds is 0. The first kappa shape index (κ1) is 15.3. The summed E-state index contributed by atoms with van der Waals surface area (Å²) in [5.74, 6) is 0.322. The summed E-state index contributed by atoms with van der Waals surface area (Å²) in [6.07, 6.45) is 4.52.